The zero-order chi connectivity index (χ0) is 13.4. The number of fused-ring (bicyclic) bond motifs is 1. The Morgan fingerprint density at radius 1 is 0.947 bits per heavy atom. The molecule has 3 aromatic rings. The Kier molecular flexibility index (Phi) is 3.48. The number of aromatic amines is 1. The van der Waals surface area contributed by atoms with Crippen molar-refractivity contribution in [3.63, 3.8) is 0 Å². The van der Waals surface area contributed by atoms with Gasteiger partial charge in [0, 0.05) is 36.4 Å². The Bertz CT molecular complexity index is 732. The molecule has 1 nitrogen and oxygen atoms in total. The van der Waals surface area contributed by atoms with Gasteiger partial charge in [0.05, 0.1) is 0 Å². The maximum Gasteiger partial charge on any atom is 0.0468 e. The summed E-state index contributed by atoms with van der Waals surface area (Å²) in [6, 6.07) is 13.8. The van der Waals surface area contributed by atoms with Crippen LogP contribution in [0.5, 0.6) is 0 Å². The van der Waals surface area contributed by atoms with Crippen LogP contribution in [0.25, 0.3) is 10.9 Å². The zero-order valence-corrected chi connectivity index (χ0v) is 12.5. The number of benzene rings is 2. The van der Waals surface area contributed by atoms with Crippen LogP contribution in [0.1, 0.15) is 5.69 Å². The summed E-state index contributed by atoms with van der Waals surface area (Å²) in [5.74, 6) is 0. The minimum absolute atomic E-state index is 0.753. The lowest BCUT2D eigenvalue weighted by Crippen LogP contribution is -1.76. The quantitative estimate of drug-likeness (QED) is 0.620. The van der Waals surface area contributed by atoms with Gasteiger partial charge in [-0.15, -0.1) is 0 Å². The normalized spacial score (nSPS) is 11.1. The number of hydrogen-bond donors (Lipinski definition) is 1. The summed E-state index contributed by atoms with van der Waals surface area (Å²) < 4.78 is 0. The molecule has 1 N–H and O–H groups in total. The van der Waals surface area contributed by atoms with Gasteiger partial charge in [-0.2, -0.15) is 0 Å². The Morgan fingerprint density at radius 2 is 1.63 bits per heavy atom. The molecule has 0 aliphatic carbocycles. The minimum Gasteiger partial charge on any atom is -0.358 e. The number of halogens is 2. The molecule has 2 aromatic carbocycles. The average Bonchev–Trinajstić information content (AvgIpc) is 2.69. The lowest BCUT2D eigenvalue weighted by molar-refractivity contribution is 1.23. The summed E-state index contributed by atoms with van der Waals surface area (Å²) in [5.41, 5.74) is 2.26. The molecule has 1 heterocycles. The van der Waals surface area contributed by atoms with Crippen LogP contribution in [0, 0.1) is 6.92 Å². The second-order valence-corrected chi connectivity index (χ2v) is 6.28. The summed E-state index contributed by atoms with van der Waals surface area (Å²) in [5, 5.41) is 2.66. The van der Waals surface area contributed by atoms with E-state index in [2.05, 4.69) is 11.9 Å². The summed E-state index contributed by atoms with van der Waals surface area (Å²) in [7, 11) is 0. The van der Waals surface area contributed by atoms with Gasteiger partial charge in [0.15, 0.2) is 0 Å². The number of aromatic nitrogens is 1. The van der Waals surface area contributed by atoms with E-state index < -0.39 is 0 Å². The van der Waals surface area contributed by atoms with E-state index in [0.29, 0.717) is 0 Å². The van der Waals surface area contributed by atoms with Gasteiger partial charge in [0.1, 0.15) is 0 Å². The SMILES string of the molecule is Cc1[nH]c2ccc(Cl)cc2c1Sc1ccc(Cl)cc1. The van der Waals surface area contributed by atoms with Crippen molar-refractivity contribution in [2.24, 2.45) is 0 Å². The third-order valence-electron chi connectivity index (χ3n) is 2.92. The van der Waals surface area contributed by atoms with Gasteiger partial charge in [-0.1, -0.05) is 35.0 Å². The van der Waals surface area contributed by atoms with Gasteiger partial charge in [0.2, 0.25) is 0 Å². The number of rotatable bonds is 2. The first kappa shape index (κ1) is 12.9. The van der Waals surface area contributed by atoms with Gasteiger partial charge < -0.3 is 4.98 Å². The maximum atomic E-state index is 6.08. The van der Waals surface area contributed by atoms with Crippen molar-refractivity contribution in [1.29, 1.82) is 0 Å². The zero-order valence-electron chi connectivity index (χ0n) is 10.2. The van der Waals surface area contributed by atoms with Crippen LogP contribution in [0.15, 0.2) is 52.3 Å². The Morgan fingerprint density at radius 3 is 2.37 bits per heavy atom. The van der Waals surface area contributed by atoms with Gasteiger partial charge in [-0.05, 0) is 49.4 Å². The first-order valence-corrected chi connectivity index (χ1v) is 7.42. The fraction of sp³-hybridized carbons (Fsp3) is 0.0667. The van der Waals surface area contributed by atoms with Crippen LogP contribution >= 0.6 is 35.0 Å². The highest BCUT2D eigenvalue weighted by molar-refractivity contribution is 7.99. The standard InChI is InChI=1S/C15H11Cl2NS/c1-9-15(19-12-5-2-10(16)3-6-12)13-8-11(17)4-7-14(13)18-9/h2-8,18H,1H3. The molecule has 96 valence electrons. The van der Waals surface area contributed by atoms with E-state index in [1.807, 2.05) is 42.5 Å². The molecule has 0 aliphatic rings. The number of aryl methyl sites for hydroxylation is 1. The van der Waals surface area contributed by atoms with Crippen molar-refractivity contribution < 1.29 is 0 Å². The second-order valence-electron chi connectivity index (χ2n) is 4.33. The predicted molar refractivity (Wildman–Crippen MR) is 83.6 cm³/mol. The first-order valence-electron chi connectivity index (χ1n) is 5.85. The summed E-state index contributed by atoms with van der Waals surface area (Å²) in [6.07, 6.45) is 0. The molecular formula is C15H11Cl2NS. The molecule has 1 aromatic heterocycles. The molecule has 0 saturated heterocycles. The molecule has 3 rings (SSSR count). The summed E-state index contributed by atoms with van der Waals surface area (Å²) >= 11 is 13.7. The highest BCUT2D eigenvalue weighted by Crippen LogP contribution is 2.37. The number of H-pyrrole nitrogens is 1. The highest BCUT2D eigenvalue weighted by Gasteiger charge is 2.10. The van der Waals surface area contributed by atoms with Gasteiger partial charge >= 0.3 is 0 Å². The van der Waals surface area contributed by atoms with Crippen molar-refractivity contribution in [3.8, 4) is 0 Å². The van der Waals surface area contributed by atoms with Crippen molar-refractivity contribution >= 4 is 45.9 Å². The monoisotopic (exact) mass is 307 g/mol. The fourth-order valence-electron chi connectivity index (χ4n) is 2.03. The van der Waals surface area contributed by atoms with E-state index in [9.17, 15) is 0 Å². The molecule has 4 heteroatoms. The van der Waals surface area contributed by atoms with Crippen LogP contribution in [0.4, 0.5) is 0 Å². The largest absolute Gasteiger partial charge is 0.358 e. The van der Waals surface area contributed by atoms with Crippen molar-refractivity contribution in [2.45, 2.75) is 16.7 Å². The van der Waals surface area contributed by atoms with E-state index in [1.54, 1.807) is 11.8 Å². The molecule has 0 saturated carbocycles. The lowest BCUT2D eigenvalue weighted by Gasteiger charge is -2.02. The molecule has 0 bridgehead atoms. The smallest absolute Gasteiger partial charge is 0.0468 e. The van der Waals surface area contributed by atoms with Gasteiger partial charge in [0.25, 0.3) is 0 Å². The van der Waals surface area contributed by atoms with E-state index in [0.717, 1.165) is 31.5 Å². The van der Waals surface area contributed by atoms with Crippen molar-refractivity contribution in [2.75, 3.05) is 0 Å². The molecule has 0 amide bonds. The maximum absolute atomic E-state index is 6.08. The summed E-state index contributed by atoms with van der Waals surface area (Å²) in [6.45, 7) is 2.08. The van der Waals surface area contributed by atoms with Gasteiger partial charge in [-0.25, -0.2) is 0 Å². The molecule has 0 atom stereocenters. The molecule has 0 aliphatic heterocycles. The van der Waals surface area contributed by atoms with E-state index in [4.69, 9.17) is 23.2 Å². The fourth-order valence-corrected chi connectivity index (χ4v) is 3.32. The summed E-state index contributed by atoms with van der Waals surface area (Å²) in [4.78, 5) is 5.75. The van der Waals surface area contributed by atoms with E-state index in [-0.39, 0.29) is 0 Å². The molecule has 19 heavy (non-hydrogen) atoms. The predicted octanol–water partition coefficient (Wildman–Crippen LogP) is 5.93. The van der Waals surface area contributed by atoms with Crippen LogP contribution < -0.4 is 0 Å². The molecular weight excluding hydrogens is 297 g/mol. The molecule has 0 radical (unpaired) electrons. The highest BCUT2D eigenvalue weighted by atomic mass is 35.5. The Labute approximate surface area is 125 Å². The number of hydrogen-bond acceptors (Lipinski definition) is 1. The second kappa shape index (κ2) is 5.12. The lowest BCUT2D eigenvalue weighted by atomic mass is 10.2. The third-order valence-corrected chi connectivity index (χ3v) is 4.65. The van der Waals surface area contributed by atoms with Gasteiger partial charge in [-0.3, -0.25) is 0 Å². The van der Waals surface area contributed by atoms with Crippen molar-refractivity contribution in [1.82, 2.24) is 4.98 Å². The molecule has 0 unspecified atom stereocenters. The average molecular weight is 308 g/mol. The minimum atomic E-state index is 0.753. The van der Waals surface area contributed by atoms with Crippen LogP contribution in [0.3, 0.4) is 0 Å². The van der Waals surface area contributed by atoms with Crippen LogP contribution in [-0.2, 0) is 0 Å². The topological polar surface area (TPSA) is 15.8 Å². The van der Waals surface area contributed by atoms with E-state index >= 15 is 0 Å². The van der Waals surface area contributed by atoms with E-state index in [1.165, 1.54) is 4.90 Å². The molecule has 0 fully saturated rings. The molecule has 0 spiro atoms. The Balaban J connectivity index is 2.06. The number of nitrogens with one attached hydrogen (secondary N) is 1. The van der Waals surface area contributed by atoms with Crippen molar-refractivity contribution in [3.05, 3.63) is 58.2 Å². The Hall–Kier alpha value is -1.09. The van der Waals surface area contributed by atoms with Crippen LogP contribution in [-0.4, -0.2) is 4.98 Å². The third kappa shape index (κ3) is 2.62. The first-order chi connectivity index (χ1) is 9.13. The van der Waals surface area contributed by atoms with Crippen LogP contribution in [0.2, 0.25) is 10.0 Å².